The predicted octanol–water partition coefficient (Wildman–Crippen LogP) is 4.71. The number of pyridine rings is 1. The second-order valence-electron chi connectivity index (χ2n) is 5.85. The van der Waals surface area contributed by atoms with E-state index in [1.54, 1.807) is 0 Å². The molecule has 106 valence electrons. The lowest BCUT2D eigenvalue weighted by Gasteiger charge is -2.28. The van der Waals surface area contributed by atoms with E-state index in [2.05, 4.69) is 43.4 Å². The summed E-state index contributed by atoms with van der Waals surface area (Å²) < 4.78 is 0. The smallest absolute Gasteiger partial charge is 0.0939 e. The molecule has 1 N–H and O–H groups in total. The highest BCUT2D eigenvalue weighted by atomic mass is 14.9. The van der Waals surface area contributed by atoms with Crippen molar-refractivity contribution in [3.8, 4) is 0 Å². The molecule has 1 aromatic heterocycles. The number of aromatic nitrogens is 1. The number of unbranched alkanes of at least 4 members (excludes halogenated alkanes) is 1. The van der Waals surface area contributed by atoms with Crippen LogP contribution in [0.5, 0.6) is 0 Å². The average molecular weight is 268 g/mol. The van der Waals surface area contributed by atoms with E-state index in [0.717, 1.165) is 6.42 Å². The summed E-state index contributed by atoms with van der Waals surface area (Å²) >= 11 is 0. The molecule has 3 rings (SSSR count). The highest BCUT2D eigenvalue weighted by molar-refractivity contribution is 5.92. The minimum atomic E-state index is 0.625. The van der Waals surface area contributed by atoms with Crippen molar-refractivity contribution in [2.24, 2.45) is 0 Å². The Morgan fingerprint density at radius 1 is 1.20 bits per heavy atom. The van der Waals surface area contributed by atoms with Crippen LogP contribution in [0.15, 0.2) is 24.3 Å². The Bertz CT molecular complexity index is 598. The summed E-state index contributed by atoms with van der Waals surface area (Å²) in [5, 5.41) is 5.02. The van der Waals surface area contributed by atoms with Crippen LogP contribution in [0.2, 0.25) is 0 Å². The van der Waals surface area contributed by atoms with Crippen molar-refractivity contribution < 1.29 is 0 Å². The second kappa shape index (κ2) is 5.82. The standard InChI is InChI=1S/C18H24N2/c1-3-5-6-16-12-10-14-8-7-13-9-11-15(4-2)19-17(13)18(14)20-16/h7-9,11,16,20H,3-6,10,12H2,1-2H3. The van der Waals surface area contributed by atoms with Crippen LogP contribution in [-0.2, 0) is 12.8 Å². The van der Waals surface area contributed by atoms with Gasteiger partial charge in [0.1, 0.15) is 0 Å². The van der Waals surface area contributed by atoms with Gasteiger partial charge in [0, 0.05) is 17.1 Å². The lowest BCUT2D eigenvalue weighted by atomic mass is 9.93. The maximum atomic E-state index is 4.86. The third-order valence-electron chi connectivity index (χ3n) is 4.39. The molecular weight excluding hydrogens is 244 g/mol. The van der Waals surface area contributed by atoms with Crippen molar-refractivity contribution in [1.29, 1.82) is 0 Å². The van der Waals surface area contributed by atoms with Crippen molar-refractivity contribution in [2.45, 2.75) is 58.4 Å². The van der Waals surface area contributed by atoms with Crippen LogP contribution in [0.1, 0.15) is 50.8 Å². The lowest BCUT2D eigenvalue weighted by molar-refractivity contribution is 0.558. The van der Waals surface area contributed by atoms with Gasteiger partial charge in [-0.15, -0.1) is 0 Å². The molecule has 0 bridgehead atoms. The van der Waals surface area contributed by atoms with Crippen molar-refractivity contribution in [1.82, 2.24) is 4.98 Å². The maximum Gasteiger partial charge on any atom is 0.0939 e. The molecule has 1 aliphatic rings. The zero-order valence-corrected chi connectivity index (χ0v) is 12.6. The van der Waals surface area contributed by atoms with Gasteiger partial charge < -0.3 is 5.32 Å². The Hall–Kier alpha value is -1.57. The summed E-state index contributed by atoms with van der Waals surface area (Å²) in [5.74, 6) is 0. The Balaban J connectivity index is 1.98. The summed E-state index contributed by atoms with van der Waals surface area (Å²) in [7, 11) is 0. The fourth-order valence-corrected chi connectivity index (χ4v) is 3.11. The van der Waals surface area contributed by atoms with Crippen molar-refractivity contribution in [3.63, 3.8) is 0 Å². The minimum Gasteiger partial charge on any atom is -0.380 e. The first-order chi connectivity index (χ1) is 9.81. The number of aryl methyl sites for hydroxylation is 2. The van der Waals surface area contributed by atoms with Gasteiger partial charge in [0.25, 0.3) is 0 Å². The SMILES string of the molecule is CCCCC1CCc2ccc3ccc(CC)nc3c2N1. The van der Waals surface area contributed by atoms with Crippen LogP contribution >= 0.6 is 0 Å². The lowest BCUT2D eigenvalue weighted by Crippen LogP contribution is -2.25. The average Bonchev–Trinajstić information content (AvgIpc) is 2.52. The first kappa shape index (κ1) is 13.4. The van der Waals surface area contributed by atoms with E-state index in [9.17, 15) is 0 Å². The summed E-state index contributed by atoms with van der Waals surface area (Å²) in [6, 6.07) is 9.47. The van der Waals surface area contributed by atoms with Crippen LogP contribution in [0.25, 0.3) is 10.9 Å². The molecule has 1 atom stereocenters. The van der Waals surface area contributed by atoms with Gasteiger partial charge >= 0.3 is 0 Å². The zero-order chi connectivity index (χ0) is 13.9. The third-order valence-corrected chi connectivity index (χ3v) is 4.39. The van der Waals surface area contributed by atoms with Crippen LogP contribution in [-0.4, -0.2) is 11.0 Å². The Kier molecular flexibility index (Phi) is 3.90. The van der Waals surface area contributed by atoms with Gasteiger partial charge in [-0.05, 0) is 37.3 Å². The summed E-state index contributed by atoms with van der Waals surface area (Å²) in [5.41, 5.74) is 5.09. The van der Waals surface area contributed by atoms with Gasteiger partial charge in [0.2, 0.25) is 0 Å². The van der Waals surface area contributed by atoms with Crippen molar-refractivity contribution in [3.05, 3.63) is 35.5 Å². The largest absolute Gasteiger partial charge is 0.380 e. The number of rotatable bonds is 4. The molecule has 0 saturated carbocycles. The first-order valence-corrected chi connectivity index (χ1v) is 8.00. The summed E-state index contributed by atoms with van der Waals surface area (Å²) in [6.07, 6.45) is 7.31. The van der Waals surface area contributed by atoms with Gasteiger partial charge in [0.15, 0.2) is 0 Å². The van der Waals surface area contributed by atoms with E-state index in [1.807, 2.05) is 0 Å². The molecule has 0 saturated heterocycles. The normalized spacial score (nSPS) is 17.8. The fraction of sp³-hybridized carbons (Fsp3) is 0.500. The van der Waals surface area contributed by atoms with E-state index >= 15 is 0 Å². The van der Waals surface area contributed by atoms with E-state index in [-0.39, 0.29) is 0 Å². The number of benzene rings is 1. The number of nitrogens with zero attached hydrogens (tertiary/aromatic N) is 1. The summed E-state index contributed by atoms with van der Waals surface area (Å²) in [4.78, 5) is 4.86. The molecule has 20 heavy (non-hydrogen) atoms. The predicted molar refractivity (Wildman–Crippen MR) is 86.4 cm³/mol. The monoisotopic (exact) mass is 268 g/mol. The maximum absolute atomic E-state index is 4.86. The van der Waals surface area contributed by atoms with Crippen LogP contribution in [0.4, 0.5) is 5.69 Å². The third kappa shape index (κ3) is 2.52. The number of hydrogen-bond donors (Lipinski definition) is 1. The van der Waals surface area contributed by atoms with Crippen LogP contribution in [0, 0.1) is 0 Å². The number of anilines is 1. The summed E-state index contributed by atoms with van der Waals surface area (Å²) in [6.45, 7) is 4.43. The van der Waals surface area contributed by atoms with Gasteiger partial charge in [-0.3, -0.25) is 4.98 Å². The van der Waals surface area contributed by atoms with Crippen LogP contribution < -0.4 is 5.32 Å². The van der Waals surface area contributed by atoms with E-state index in [4.69, 9.17) is 4.98 Å². The molecule has 0 radical (unpaired) electrons. The highest BCUT2D eigenvalue weighted by Gasteiger charge is 2.19. The van der Waals surface area contributed by atoms with Crippen molar-refractivity contribution in [2.75, 3.05) is 5.32 Å². The van der Waals surface area contributed by atoms with Gasteiger partial charge in [0.05, 0.1) is 11.2 Å². The minimum absolute atomic E-state index is 0.625. The topological polar surface area (TPSA) is 24.9 Å². The molecule has 1 aliphatic heterocycles. The molecular formula is C18H24N2. The molecule has 0 fully saturated rings. The molecule has 0 aliphatic carbocycles. The molecule has 2 heteroatoms. The molecule has 2 heterocycles. The molecule has 1 unspecified atom stereocenters. The molecule has 2 aromatic rings. The molecule has 1 aromatic carbocycles. The molecule has 0 amide bonds. The van der Waals surface area contributed by atoms with E-state index in [1.165, 1.54) is 60.0 Å². The van der Waals surface area contributed by atoms with E-state index in [0.29, 0.717) is 6.04 Å². The Labute approximate surface area is 121 Å². The second-order valence-corrected chi connectivity index (χ2v) is 5.85. The van der Waals surface area contributed by atoms with Gasteiger partial charge in [-0.25, -0.2) is 0 Å². The van der Waals surface area contributed by atoms with Crippen molar-refractivity contribution >= 4 is 16.6 Å². The number of fused-ring (bicyclic) bond motifs is 3. The zero-order valence-electron chi connectivity index (χ0n) is 12.6. The number of hydrogen-bond acceptors (Lipinski definition) is 2. The molecule has 2 nitrogen and oxygen atoms in total. The van der Waals surface area contributed by atoms with E-state index < -0.39 is 0 Å². The van der Waals surface area contributed by atoms with Gasteiger partial charge in [-0.1, -0.05) is 44.9 Å². The Morgan fingerprint density at radius 2 is 2.05 bits per heavy atom. The fourth-order valence-electron chi connectivity index (χ4n) is 3.11. The first-order valence-electron chi connectivity index (χ1n) is 8.00. The number of nitrogens with one attached hydrogen (secondary N) is 1. The van der Waals surface area contributed by atoms with Crippen LogP contribution in [0.3, 0.4) is 0 Å². The highest BCUT2D eigenvalue weighted by Crippen LogP contribution is 2.33. The van der Waals surface area contributed by atoms with Gasteiger partial charge in [-0.2, -0.15) is 0 Å². The Morgan fingerprint density at radius 3 is 2.85 bits per heavy atom. The quantitative estimate of drug-likeness (QED) is 0.868. The molecule has 0 spiro atoms.